The van der Waals surface area contributed by atoms with Gasteiger partial charge in [-0.05, 0) is 25.0 Å². The first-order chi connectivity index (χ1) is 10.6. The lowest BCUT2D eigenvalue weighted by Crippen LogP contribution is -2.40. The van der Waals surface area contributed by atoms with Crippen LogP contribution >= 0.6 is 11.6 Å². The van der Waals surface area contributed by atoms with Gasteiger partial charge in [-0.25, -0.2) is 4.79 Å². The van der Waals surface area contributed by atoms with E-state index in [9.17, 15) is 9.59 Å². The van der Waals surface area contributed by atoms with Gasteiger partial charge in [0.05, 0.1) is 5.02 Å². The summed E-state index contributed by atoms with van der Waals surface area (Å²) in [7, 11) is 0. The Hall–Kier alpha value is -2.34. The first-order valence-corrected chi connectivity index (χ1v) is 7.21. The number of carboxylic acid groups (broad SMARTS) is 1. The van der Waals surface area contributed by atoms with E-state index >= 15 is 0 Å². The van der Waals surface area contributed by atoms with Gasteiger partial charge in [-0.15, -0.1) is 0 Å². The van der Waals surface area contributed by atoms with Crippen molar-refractivity contribution in [3.05, 3.63) is 41.0 Å². The average molecular weight is 321 g/mol. The van der Waals surface area contributed by atoms with E-state index in [-0.39, 0.29) is 5.69 Å². The minimum atomic E-state index is -0.999. The number of hydrogen-bond acceptors (Lipinski definition) is 4. The van der Waals surface area contributed by atoms with Crippen molar-refractivity contribution in [3.8, 4) is 11.3 Å². The molecule has 1 aliphatic rings. The highest BCUT2D eigenvalue weighted by molar-refractivity contribution is 6.33. The summed E-state index contributed by atoms with van der Waals surface area (Å²) in [4.78, 5) is 24.9. The second-order valence-corrected chi connectivity index (χ2v) is 5.46. The van der Waals surface area contributed by atoms with E-state index in [0.717, 1.165) is 0 Å². The molecule has 1 fully saturated rings. The molecule has 1 N–H and O–H groups in total. The van der Waals surface area contributed by atoms with Crippen molar-refractivity contribution in [1.29, 1.82) is 0 Å². The van der Waals surface area contributed by atoms with Crippen LogP contribution < -0.4 is 0 Å². The number of nitrogens with zero attached hydrogens (tertiary/aromatic N) is 2. The van der Waals surface area contributed by atoms with Gasteiger partial charge < -0.3 is 14.5 Å². The van der Waals surface area contributed by atoms with Crippen molar-refractivity contribution in [2.24, 2.45) is 0 Å². The SMILES string of the molecule is O=C(O)C1CCCN1C(=O)c1cc(-c2ccccc2Cl)on1. The summed E-state index contributed by atoms with van der Waals surface area (Å²) in [6, 6.07) is 7.74. The highest BCUT2D eigenvalue weighted by Gasteiger charge is 2.35. The third kappa shape index (κ3) is 2.57. The van der Waals surface area contributed by atoms with Gasteiger partial charge in [-0.1, -0.05) is 28.9 Å². The Kier molecular flexibility index (Phi) is 3.85. The number of halogens is 1. The van der Waals surface area contributed by atoms with Gasteiger partial charge in [-0.3, -0.25) is 4.79 Å². The molecule has 1 aliphatic heterocycles. The molecule has 0 spiro atoms. The highest BCUT2D eigenvalue weighted by atomic mass is 35.5. The third-order valence-electron chi connectivity index (χ3n) is 3.67. The van der Waals surface area contributed by atoms with E-state index in [4.69, 9.17) is 21.2 Å². The summed E-state index contributed by atoms with van der Waals surface area (Å²) in [5.74, 6) is -1.06. The molecule has 1 atom stereocenters. The molecule has 1 amide bonds. The second kappa shape index (κ2) is 5.81. The Labute approximate surface area is 131 Å². The summed E-state index contributed by atoms with van der Waals surface area (Å²) < 4.78 is 5.18. The second-order valence-electron chi connectivity index (χ2n) is 5.05. The summed E-state index contributed by atoms with van der Waals surface area (Å²) in [5, 5.41) is 13.4. The molecule has 0 aliphatic carbocycles. The minimum Gasteiger partial charge on any atom is -0.480 e. The molecule has 1 unspecified atom stereocenters. The maximum absolute atomic E-state index is 12.4. The smallest absolute Gasteiger partial charge is 0.326 e. The Morgan fingerprint density at radius 1 is 1.36 bits per heavy atom. The van der Waals surface area contributed by atoms with E-state index in [0.29, 0.717) is 35.7 Å². The van der Waals surface area contributed by atoms with E-state index in [1.807, 2.05) is 0 Å². The van der Waals surface area contributed by atoms with Gasteiger partial charge >= 0.3 is 5.97 Å². The fourth-order valence-electron chi connectivity index (χ4n) is 2.58. The van der Waals surface area contributed by atoms with Crippen molar-refractivity contribution in [1.82, 2.24) is 10.1 Å². The number of carbonyl (C=O) groups excluding carboxylic acids is 1. The Bertz CT molecular complexity index is 728. The normalized spacial score (nSPS) is 17.7. The number of rotatable bonds is 3. The predicted octanol–water partition coefficient (Wildman–Crippen LogP) is 2.68. The van der Waals surface area contributed by atoms with E-state index in [1.54, 1.807) is 24.3 Å². The molecule has 2 heterocycles. The maximum Gasteiger partial charge on any atom is 0.326 e. The highest BCUT2D eigenvalue weighted by Crippen LogP contribution is 2.29. The number of carboxylic acids is 1. The maximum atomic E-state index is 12.4. The number of hydrogen-bond donors (Lipinski definition) is 1. The lowest BCUT2D eigenvalue weighted by molar-refractivity contribution is -0.141. The molecule has 2 aromatic rings. The molecular weight excluding hydrogens is 308 g/mol. The Balaban J connectivity index is 1.86. The van der Waals surface area contributed by atoms with Gasteiger partial charge in [0.15, 0.2) is 11.5 Å². The quantitative estimate of drug-likeness (QED) is 0.940. The van der Waals surface area contributed by atoms with Crippen molar-refractivity contribution in [3.63, 3.8) is 0 Å². The zero-order valence-electron chi connectivity index (χ0n) is 11.5. The van der Waals surface area contributed by atoms with Crippen LogP contribution in [-0.2, 0) is 4.79 Å². The summed E-state index contributed by atoms with van der Waals surface area (Å²) >= 11 is 6.08. The zero-order chi connectivity index (χ0) is 15.7. The molecule has 1 aromatic heterocycles. The fraction of sp³-hybridized carbons (Fsp3) is 0.267. The molecule has 114 valence electrons. The lowest BCUT2D eigenvalue weighted by atomic mass is 10.1. The molecular formula is C15H13ClN2O4. The Morgan fingerprint density at radius 3 is 2.86 bits per heavy atom. The number of benzene rings is 1. The molecule has 1 aromatic carbocycles. The van der Waals surface area contributed by atoms with Crippen molar-refractivity contribution < 1.29 is 19.2 Å². The zero-order valence-corrected chi connectivity index (χ0v) is 12.3. The van der Waals surface area contributed by atoms with Crippen LogP contribution in [0.4, 0.5) is 0 Å². The predicted molar refractivity (Wildman–Crippen MR) is 78.6 cm³/mol. The molecule has 0 bridgehead atoms. The Morgan fingerprint density at radius 2 is 2.14 bits per heavy atom. The molecule has 1 saturated heterocycles. The molecule has 0 radical (unpaired) electrons. The van der Waals surface area contributed by atoms with Crippen LogP contribution in [0.25, 0.3) is 11.3 Å². The van der Waals surface area contributed by atoms with Crippen LogP contribution in [0.1, 0.15) is 23.3 Å². The van der Waals surface area contributed by atoms with Gasteiger partial charge in [0.2, 0.25) is 0 Å². The van der Waals surface area contributed by atoms with Gasteiger partial charge in [-0.2, -0.15) is 0 Å². The lowest BCUT2D eigenvalue weighted by Gasteiger charge is -2.19. The van der Waals surface area contributed by atoms with Crippen LogP contribution in [0.2, 0.25) is 5.02 Å². The standard InChI is InChI=1S/C15H13ClN2O4/c16-10-5-2-1-4-9(10)13-8-11(17-22-13)14(19)18-7-3-6-12(18)15(20)21/h1-2,4-5,8,12H,3,6-7H2,(H,20,21). The number of aromatic nitrogens is 1. The monoisotopic (exact) mass is 320 g/mol. The summed E-state index contributed by atoms with van der Waals surface area (Å²) in [5.41, 5.74) is 0.718. The number of likely N-dealkylation sites (tertiary alicyclic amines) is 1. The van der Waals surface area contributed by atoms with Gasteiger partial charge in [0, 0.05) is 18.2 Å². The molecule has 7 heteroatoms. The third-order valence-corrected chi connectivity index (χ3v) is 4.00. The van der Waals surface area contributed by atoms with Crippen molar-refractivity contribution in [2.45, 2.75) is 18.9 Å². The summed E-state index contributed by atoms with van der Waals surface area (Å²) in [6.45, 7) is 0.407. The van der Waals surface area contributed by atoms with Crippen LogP contribution in [0.15, 0.2) is 34.9 Å². The molecule has 22 heavy (non-hydrogen) atoms. The van der Waals surface area contributed by atoms with Gasteiger partial charge in [0.1, 0.15) is 6.04 Å². The minimum absolute atomic E-state index is 0.0862. The van der Waals surface area contributed by atoms with Crippen LogP contribution in [0.3, 0.4) is 0 Å². The fourth-order valence-corrected chi connectivity index (χ4v) is 2.81. The van der Waals surface area contributed by atoms with Crippen molar-refractivity contribution >= 4 is 23.5 Å². The van der Waals surface area contributed by atoms with Crippen molar-refractivity contribution in [2.75, 3.05) is 6.54 Å². The molecule has 6 nitrogen and oxygen atoms in total. The molecule has 0 saturated carbocycles. The largest absolute Gasteiger partial charge is 0.480 e. The average Bonchev–Trinajstić information content (AvgIpc) is 3.16. The first kappa shape index (κ1) is 14.6. The van der Waals surface area contributed by atoms with E-state index in [2.05, 4.69) is 5.16 Å². The van der Waals surface area contributed by atoms with E-state index in [1.165, 1.54) is 11.0 Å². The van der Waals surface area contributed by atoms with Crippen LogP contribution in [-0.4, -0.2) is 39.6 Å². The number of carbonyl (C=O) groups is 2. The van der Waals surface area contributed by atoms with Gasteiger partial charge in [0.25, 0.3) is 5.91 Å². The molecule has 3 rings (SSSR count). The summed E-state index contributed by atoms with van der Waals surface area (Å²) in [6.07, 6.45) is 1.12. The van der Waals surface area contributed by atoms with E-state index < -0.39 is 17.9 Å². The van der Waals surface area contributed by atoms with Crippen LogP contribution in [0.5, 0.6) is 0 Å². The van der Waals surface area contributed by atoms with Crippen LogP contribution in [0, 0.1) is 0 Å². The first-order valence-electron chi connectivity index (χ1n) is 6.83. The number of aliphatic carboxylic acids is 1. The topological polar surface area (TPSA) is 83.6 Å². The number of amides is 1.